The van der Waals surface area contributed by atoms with Crippen LogP contribution in [0.5, 0.6) is 5.75 Å². The van der Waals surface area contributed by atoms with Gasteiger partial charge in [0.2, 0.25) is 0 Å². The highest BCUT2D eigenvalue weighted by atomic mass is 16.5. The van der Waals surface area contributed by atoms with Crippen LogP contribution in [0.25, 0.3) is 0 Å². The second-order valence-corrected chi connectivity index (χ2v) is 5.97. The van der Waals surface area contributed by atoms with Crippen molar-refractivity contribution in [1.29, 1.82) is 0 Å². The van der Waals surface area contributed by atoms with Crippen molar-refractivity contribution in [3.05, 3.63) is 29.8 Å². The lowest BCUT2D eigenvalue weighted by molar-refractivity contribution is -0.144. The number of methoxy groups -OCH3 is 1. The second-order valence-electron chi connectivity index (χ2n) is 5.97. The molecule has 0 N–H and O–H groups in total. The molecule has 0 saturated carbocycles. The number of esters is 1. The van der Waals surface area contributed by atoms with Gasteiger partial charge in [-0.1, -0.05) is 32.9 Å². The predicted octanol–water partition coefficient (Wildman–Crippen LogP) is 4.56. The van der Waals surface area contributed by atoms with Crippen LogP contribution in [0.2, 0.25) is 0 Å². The van der Waals surface area contributed by atoms with Gasteiger partial charge in [0.05, 0.1) is 13.7 Å². The van der Waals surface area contributed by atoms with Gasteiger partial charge in [-0.3, -0.25) is 4.79 Å². The molecule has 0 aliphatic heterocycles. The second kappa shape index (κ2) is 9.43. The average Bonchev–Trinajstić information content (AvgIpc) is 2.49. The molecular formula is C18H28O3. The fraction of sp³-hybridized carbons (Fsp3) is 0.611. The summed E-state index contributed by atoms with van der Waals surface area (Å²) in [6, 6.07) is 8.01. The quantitative estimate of drug-likeness (QED) is 0.494. The largest absolute Gasteiger partial charge is 0.497 e. The van der Waals surface area contributed by atoms with Crippen molar-refractivity contribution in [2.45, 2.75) is 52.4 Å². The Morgan fingerprint density at radius 3 is 2.33 bits per heavy atom. The molecule has 0 saturated heterocycles. The molecule has 0 heterocycles. The van der Waals surface area contributed by atoms with Gasteiger partial charge >= 0.3 is 5.97 Å². The summed E-state index contributed by atoms with van der Waals surface area (Å²) < 4.78 is 10.4. The molecular weight excluding hydrogens is 264 g/mol. The van der Waals surface area contributed by atoms with Gasteiger partial charge in [-0.25, -0.2) is 0 Å². The lowest BCUT2D eigenvalue weighted by atomic mass is 9.96. The highest BCUT2D eigenvalue weighted by Gasteiger charge is 2.10. The maximum Gasteiger partial charge on any atom is 0.305 e. The Hall–Kier alpha value is -1.51. The lowest BCUT2D eigenvalue weighted by Gasteiger charge is -2.12. The van der Waals surface area contributed by atoms with Crippen LogP contribution in [0, 0.1) is 5.92 Å². The van der Waals surface area contributed by atoms with E-state index in [4.69, 9.17) is 9.47 Å². The molecule has 1 atom stereocenters. The number of rotatable bonds is 9. The van der Waals surface area contributed by atoms with E-state index in [2.05, 4.69) is 32.9 Å². The Bertz CT molecular complexity index is 409. The first-order valence-electron chi connectivity index (χ1n) is 7.82. The fourth-order valence-corrected chi connectivity index (χ4v) is 2.18. The van der Waals surface area contributed by atoms with E-state index in [0.29, 0.717) is 24.9 Å². The van der Waals surface area contributed by atoms with Crippen LogP contribution in [0.3, 0.4) is 0 Å². The molecule has 118 valence electrons. The predicted molar refractivity (Wildman–Crippen MR) is 85.7 cm³/mol. The van der Waals surface area contributed by atoms with Crippen molar-refractivity contribution >= 4 is 5.97 Å². The highest BCUT2D eigenvalue weighted by molar-refractivity contribution is 5.69. The number of ether oxygens (including phenoxy) is 2. The van der Waals surface area contributed by atoms with E-state index in [1.54, 1.807) is 7.11 Å². The molecule has 0 spiro atoms. The third kappa shape index (κ3) is 7.16. The average molecular weight is 292 g/mol. The number of hydrogen-bond acceptors (Lipinski definition) is 3. The maximum absolute atomic E-state index is 11.7. The number of hydrogen-bond donors (Lipinski definition) is 0. The molecule has 0 aromatic heterocycles. The minimum atomic E-state index is -0.0842. The number of carbonyl (C=O) groups is 1. The van der Waals surface area contributed by atoms with Crippen LogP contribution in [0.15, 0.2) is 24.3 Å². The smallest absolute Gasteiger partial charge is 0.305 e. The molecule has 0 fully saturated rings. The van der Waals surface area contributed by atoms with Crippen LogP contribution < -0.4 is 4.74 Å². The van der Waals surface area contributed by atoms with Gasteiger partial charge in [0, 0.05) is 6.42 Å². The summed E-state index contributed by atoms with van der Waals surface area (Å²) in [4.78, 5) is 11.7. The molecule has 1 unspecified atom stereocenters. The topological polar surface area (TPSA) is 35.5 Å². The number of carbonyl (C=O) groups excluding carboxylic acids is 1. The summed E-state index contributed by atoms with van der Waals surface area (Å²) in [5, 5.41) is 0. The third-order valence-corrected chi connectivity index (χ3v) is 3.66. The summed E-state index contributed by atoms with van der Waals surface area (Å²) in [7, 11) is 1.66. The Labute approximate surface area is 128 Å². The molecule has 0 radical (unpaired) electrons. The summed E-state index contributed by atoms with van der Waals surface area (Å²) >= 11 is 0. The Balaban J connectivity index is 2.25. The summed E-state index contributed by atoms with van der Waals surface area (Å²) in [6.45, 7) is 7.04. The van der Waals surface area contributed by atoms with E-state index in [1.165, 1.54) is 5.56 Å². The SMILES string of the molecule is COc1ccc(C(C)CCC(=O)OCCCC(C)C)cc1. The van der Waals surface area contributed by atoms with Crippen molar-refractivity contribution in [2.75, 3.05) is 13.7 Å². The monoisotopic (exact) mass is 292 g/mol. The Morgan fingerprint density at radius 2 is 1.76 bits per heavy atom. The summed E-state index contributed by atoms with van der Waals surface area (Å²) in [5.74, 6) is 1.78. The van der Waals surface area contributed by atoms with Gasteiger partial charge < -0.3 is 9.47 Å². The molecule has 21 heavy (non-hydrogen) atoms. The Morgan fingerprint density at radius 1 is 1.10 bits per heavy atom. The van der Waals surface area contributed by atoms with Crippen molar-refractivity contribution in [1.82, 2.24) is 0 Å². The fourth-order valence-electron chi connectivity index (χ4n) is 2.18. The normalized spacial score (nSPS) is 12.2. The molecule has 3 heteroatoms. The van der Waals surface area contributed by atoms with Gasteiger partial charge in [0.1, 0.15) is 5.75 Å². The van der Waals surface area contributed by atoms with Crippen molar-refractivity contribution in [3.63, 3.8) is 0 Å². The molecule has 0 aliphatic carbocycles. The molecule has 1 rings (SSSR count). The van der Waals surface area contributed by atoms with E-state index >= 15 is 0 Å². The van der Waals surface area contributed by atoms with Gasteiger partial charge in [0.15, 0.2) is 0 Å². The van der Waals surface area contributed by atoms with E-state index in [-0.39, 0.29) is 5.97 Å². The lowest BCUT2D eigenvalue weighted by Crippen LogP contribution is -2.08. The highest BCUT2D eigenvalue weighted by Crippen LogP contribution is 2.23. The zero-order chi connectivity index (χ0) is 15.7. The van der Waals surface area contributed by atoms with E-state index in [9.17, 15) is 4.79 Å². The van der Waals surface area contributed by atoms with Crippen LogP contribution in [0.1, 0.15) is 57.9 Å². The van der Waals surface area contributed by atoms with Gasteiger partial charge in [0.25, 0.3) is 0 Å². The maximum atomic E-state index is 11.7. The first-order chi connectivity index (χ1) is 10.0. The molecule has 0 aliphatic rings. The Kier molecular flexibility index (Phi) is 7.88. The first kappa shape index (κ1) is 17.5. The van der Waals surface area contributed by atoms with Crippen molar-refractivity contribution in [2.24, 2.45) is 5.92 Å². The van der Waals surface area contributed by atoms with Crippen LogP contribution in [0.4, 0.5) is 0 Å². The van der Waals surface area contributed by atoms with E-state index < -0.39 is 0 Å². The van der Waals surface area contributed by atoms with E-state index in [0.717, 1.165) is 25.0 Å². The molecule has 0 amide bonds. The van der Waals surface area contributed by atoms with E-state index in [1.807, 2.05) is 12.1 Å². The molecule has 3 nitrogen and oxygen atoms in total. The van der Waals surface area contributed by atoms with Gasteiger partial charge in [-0.15, -0.1) is 0 Å². The van der Waals surface area contributed by atoms with Crippen LogP contribution in [-0.4, -0.2) is 19.7 Å². The molecule has 1 aromatic rings. The van der Waals surface area contributed by atoms with Crippen molar-refractivity contribution < 1.29 is 14.3 Å². The first-order valence-corrected chi connectivity index (χ1v) is 7.82. The van der Waals surface area contributed by atoms with Crippen molar-refractivity contribution in [3.8, 4) is 5.75 Å². The van der Waals surface area contributed by atoms with Gasteiger partial charge in [-0.05, 0) is 48.8 Å². The zero-order valence-corrected chi connectivity index (χ0v) is 13.7. The standard InChI is InChI=1S/C18H28O3/c1-14(2)6-5-13-21-18(19)12-7-15(3)16-8-10-17(20-4)11-9-16/h8-11,14-15H,5-7,12-13H2,1-4H3. The zero-order valence-electron chi connectivity index (χ0n) is 13.7. The minimum absolute atomic E-state index is 0.0842. The van der Waals surface area contributed by atoms with Crippen LogP contribution >= 0.6 is 0 Å². The number of benzene rings is 1. The van der Waals surface area contributed by atoms with Crippen LogP contribution in [-0.2, 0) is 9.53 Å². The molecule has 1 aromatic carbocycles. The molecule has 0 bridgehead atoms. The minimum Gasteiger partial charge on any atom is -0.497 e. The summed E-state index contributed by atoms with van der Waals surface area (Å²) in [5.41, 5.74) is 1.23. The third-order valence-electron chi connectivity index (χ3n) is 3.66. The summed E-state index contributed by atoms with van der Waals surface area (Å²) in [6.07, 6.45) is 3.36. The van der Waals surface area contributed by atoms with Gasteiger partial charge in [-0.2, -0.15) is 0 Å².